The van der Waals surface area contributed by atoms with E-state index in [0.29, 0.717) is 0 Å². The van der Waals surface area contributed by atoms with Gasteiger partial charge in [-0.05, 0) is 46.7 Å². The van der Waals surface area contributed by atoms with Crippen molar-refractivity contribution in [3.63, 3.8) is 0 Å². The second-order valence-electron chi connectivity index (χ2n) is 5.19. The summed E-state index contributed by atoms with van der Waals surface area (Å²) in [6.45, 7) is 10.4. The Morgan fingerprint density at radius 3 is 2.50 bits per heavy atom. The number of aryl methyl sites for hydroxylation is 1. The molecule has 0 bridgehead atoms. The van der Waals surface area contributed by atoms with Crippen LogP contribution in [0.15, 0.2) is 0 Å². The largest absolute Gasteiger partial charge is 0.303 e. The Hall–Kier alpha value is -1.34. The van der Waals surface area contributed by atoms with Gasteiger partial charge in [0.2, 0.25) is 0 Å². The first kappa shape index (κ1) is 14.7. The fraction of sp³-hybridized carbons (Fsp3) is 0.714. The van der Waals surface area contributed by atoms with Gasteiger partial charge in [0.05, 0.1) is 17.8 Å². The van der Waals surface area contributed by atoms with Gasteiger partial charge in [-0.15, -0.1) is 0 Å². The third kappa shape index (κ3) is 2.73. The molecule has 18 heavy (non-hydrogen) atoms. The molecule has 0 spiro atoms. The molecule has 4 heteroatoms. The van der Waals surface area contributed by atoms with Gasteiger partial charge in [-0.1, -0.05) is 6.92 Å². The monoisotopic (exact) mass is 248 g/mol. The zero-order chi connectivity index (χ0) is 13.9. The van der Waals surface area contributed by atoms with Gasteiger partial charge in [0.1, 0.15) is 5.54 Å². The highest BCUT2D eigenvalue weighted by atomic mass is 15.3. The predicted octanol–water partition coefficient (Wildman–Crippen LogP) is 2.52. The molecule has 0 fully saturated rings. The number of aromatic nitrogens is 2. The standard InChI is InChI=1S/C14H24N4/c1-7-13-11(3)17-18(12(13)4)10(2)8-14(5,9-15)16-6/h10,16H,7-8H2,1-6H3. The molecular weight excluding hydrogens is 224 g/mol. The maximum Gasteiger partial charge on any atom is 0.105 e. The van der Waals surface area contributed by atoms with Crippen LogP contribution < -0.4 is 5.32 Å². The molecule has 1 aromatic heterocycles. The Kier molecular flexibility index (Phi) is 4.53. The summed E-state index contributed by atoms with van der Waals surface area (Å²) in [7, 11) is 1.83. The first-order valence-corrected chi connectivity index (χ1v) is 6.53. The van der Waals surface area contributed by atoms with Crippen LogP contribution in [-0.2, 0) is 6.42 Å². The third-order valence-corrected chi connectivity index (χ3v) is 3.75. The zero-order valence-electron chi connectivity index (χ0n) is 12.3. The summed E-state index contributed by atoms with van der Waals surface area (Å²) >= 11 is 0. The lowest BCUT2D eigenvalue weighted by Crippen LogP contribution is -2.40. The molecule has 1 aromatic rings. The molecule has 0 radical (unpaired) electrons. The number of hydrogen-bond donors (Lipinski definition) is 1. The van der Waals surface area contributed by atoms with Crippen molar-refractivity contribution in [3.05, 3.63) is 17.0 Å². The molecule has 0 aliphatic rings. The molecule has 1 heterocycles. The van der Waals surface area contributed by atoms with Crippen molar-refractivity contribution in [2.75, 3.05) is 7.05 Å². The second kappa shape index (κ2) is 5.53. The minimum absolute atomic E-state index is 0.209. The fourth-order valence-corrected chi connectivity index (χ4v) is 2.52. The Morgan fingerprint density at radius 2 is 2.11 bits per heavy atom. The van der Waals surface area contributed by atoms with Gasteiger partial charge in [-0.25, -0.2) is 0 Å². The van der Waals surface area contributed by atoms with Crippen molar-refractivity contribution in [2.24, 2.45) is 0 Å². The van der Waals surface area contributed by atoms with Gasteiger partial charge in [-0.3, -0.25) is 4.68 Å². The molecule has 0 saturated heterocycles. The normalized spacial score (nSPS) is 16.1. The molecule has 0 aromatic carbocycles. The highest BCUT2D eigenvalue weighted by Crippen LogP contribution is 2.24. The Morgan fingerprint density at radius 1 is 1.50 bits per heavy atom. The quantitative estimate of drug-likeness (QED) is 0.871. The maximum atomic E-state index is 9.21. The van der Waals surface area contributed by atoms with Crippen molar-refractivity contribution in [1.29, 1.82) is 5.26 Å². The first-order chi connectivity index (χ1) is 8.38. The van der Waals surface area contributed by atoms with E-state index >= 15 is 0 Å². The molecule has 1 N–H and O–H groups in total. The van der Waals surface area contributed by atoms with E-state index < -0.39 is 5.54 Å². The van der Waals surface area contributed by atoms with Crippen LogP contribution in [0.2, 0.25) is 0 Å². The number of rotatable bonds is 5. The zero-order valence-corrected chi connectivity index (χ0v) is 12.3. The average molecular weight is 248 g/mol. The average Bonchev–Trinajstić information content (AvgIpc) is 2.64. The highest BCUT2D eigenvalue weighted by Gasteiger charge is 2.26. The van der Waals surface area contributed by atoms with Crippen LogP contribution in [0.25, 0.3) is 0 Å². The van der Waals surface area contributed by atoms with Crippen LogP contribution >= 0.6 is 0 Å². The van der Waals surface area contributed by atoms with E-state index in [1.165, 1.54) is 11.3 Å². The van der Waals surface area contributed by atoms with Gasteiger partial charge in [0.15, 0.2) is 0 Å². The summed E-state index contributed by atoms with van der Waals surface area (Å²) in [6, 6.07) is 2.54. The topological polar surface area (TPSA) is 53.6 Å². The second-order valence-corrected chi connectivity index (χ2v) is 5.19. The van der Waals surface area contributed by atoms with E-state index in [4.69, 9.17) is 0 Å². The lowest BCUT2D eigenvalue weighted by atomic mass is 9.95. The minimum Gasteiger partial charge on any atom is -0.303 e. The molecule has 2 atom stereocenters. The third-order valence-electron chi connectivity index (χ3n) is 3.75. The van der Waals surface area contributed by atoms with Crippen LogP contribution in [-0.4, -0.2) is 22.4 Å². The summed E-state index contributed by atoms with van der Waals surface area (Å²) in [4.78, 5) is 0. The molecule has 2 unspecified atom stereocenters. The molecule has 0 aliphatic heterocycles. The van der Waals surface area contributed by atoms with Crippen molar-refractivity contribution in [3.8, 4) is 6.07 Å². The predicted molar refractivity (Wildman–Crippen MR) is 73.5 cm³/mol. The van der Waals surface area contributed by atoms with Gasteiger partial charge in [-0.2, -0.15) is 10.4 Å². The van der Waals surface area contributed by atoms with Crippen LogP contribution in [0.5, 0.6) is 0 Å². The van der Waals surface area contributed by atoms with Gasteiger partial charge >= 0.3 is 0 Å². The molecule has 0 amide bonds. The molecule has 0 saturated carbocycles. The van der Waals surface area contributed by atoms with Gasteiger partial charge in [0.25, 0.3) is 0 Å². The minimum atomic E-state index is -0.502. The highest BCUT2D eigenvalue weighted by molar-refractivity contribution is 5.24. The number of nitriles is 1. The van der Waals surface area contributed by atoms with Crippen molar-refractivity contribution >= 4 is 0 Å². The summed E-state index contributed by atoms with van der Waals surface area (Å²) in [6.07, 6.45) is 1.75. The van der Waals surface area contributed by atoms with E-state index in [-0.39, 0.29) is 6.04 Å². The summed E-state index contributed by atoms with van der Waals surface area (Å²) in [5, 5.41) is 16.9. The Labute approximate surface area is 110 Å². The molecule has 1 rings (SSSR count). The van der Waals surface area contributed by atoms with Crippen LogP contribution in [0.4, 0.5) is 0 Å². The smallest absolute Gasteiger partial charge is 0.105 e. The van der Waals surface area contributed by atoms with Crippen molar-refractivity contribution in [2.45, 2.75) is 59.0 Å². The molecule has 100 valence electrons. The number of nitrogens with one attached hydrogen (secondary N) is 1. The van der Waals surface area contributed by atoms with Gasteiger partial charge < -0.3 is 5.32 Å². The van der Waals surface area contributed by atoms with E-state index in [1.54, 1.807) is 0 Å². The summed E-state index contributed by atoms with van der Waals surface area (Å²) in [5.74, 6) is 0. The molecular formula is C14H24N4. The van der Waals surface area contributed by atoms with Crippen molar-refractivity contribution in [1.82, 2.24) is 15.1 Å². The van der Waals surface area contributed by atoms with Crippen LogP contribution in [0.1, 0.15) is 50.2 Å². The van der Waals surface area contributed by atoms with E-state index in [1.807, 2.05) is 14.0 Å². The Bertz CT molecular complexity index is 455. The van der Waals surface area contributed by atoms with Crippen molar-refractivity contribution < 1.29 is 0 Å². The van der Waals surface area contributed by atoms with E-state index in [0.717, 1.165) is 18.5 Å². The molecule has 4 nitrogen and oxygen atoms in total. The lowest BCUT2D eigenvalue weighted by molar-refractivity contribution is 0.344. The number of nitrogens with zero attached hydrogens (tertiary/aromatic N) is 3. The van der Waals surface area contributed by atoms with Crippen LogP contribution in [0.3, 0.4) is 0 Å². The summed E-state index contributed by atoms with van der Waals surface area (Å²) in [5.41, 5.74) is 3.15. The maximum absolute atomic E-state index is 9.21. The fourth-order valence-electron chi connectivity index (χ4n) is 2.52. The Balaban J connectivity index is 2.99. The summed E-state index contributed by atoms with van der Waals surface area (Å²) < 4.78 is 2.06. The lowest BCUT2D eigenvalue weighted by Gasteiger charge is -2.25. The molecule has 0 aliphatic carbocycles. The van der Waals surface area contributed by atoms with Crippen LogP contribution in [0, 0.1) is 25.2 Å². The number of hydrogen-bond acceptors (Lipinski definition) is 3. The van der Waals surface area contributed by atoms with E-state index in [9.17, 15) is 5.26 Å². The van der Waals surface area contributed by atoms with E-state index in [2.05, 4.69) is 48.9 Å². The first-order valence-electron chi connectivity index (χ1n) is 6.53. The SMILES string of the molecule is CCc1c(C)nn(C(C)CC(C)(C#N)NC)c1C. The van der Waals surface area contributed by atoms with Gasteiger partial charge in [0, 0.05) is 12.1 Å².